The van der Waals surface area contributed by atoms with Gasteiger partial charge in [0.25, 0.3) is 5.91 Å². The molecule has 0 heterocycles. The lowest BCUT2D eigenvalue weighted by molar-refractivity contribution is -0.120. The number of methoxy groups -OCH3 is 1. The number of anilines is 2. The average Bonchev–Trinajstić information content (AvgIpc) is 2.67. The lowest BCUT2D eigenvalue weighted by Crippen LogP contribution is -2.35. The largest absolute Gasteiger partial charge is 0.496 e. The molecule has 150 valence electrons. The molecule has 0 aromatic heterocycles. The number of hydrogen-bond donors (Lipinski definition) is 2. The van der Waals surface area contributed by atoms with Crippen molar-refractivity contribution in [2.24, 2.45) is 5.92 Å². The van der Waals surface area contributed by atoms with Gasteiger partial charge in [0.2, 0.25) is 5.91 Å². The van der Waals surface area contributed by atoms with Gasteiger partial charge in [-0.1, -0.05) is 25.1 Å². The number of benzene rings is 2. The Morgan fingerprint density at radius 1 is 1.00 bits per heavy atom. The lowest BCUT2D eigenvalue weighted by Gasteiger charge is -2.24. The number of amides is 2. The van der Waals surface area contributed by atoms with Gasteiger partial charge < -0.3 is 20.3 Å². The van der Waals surface area contributed by atoms with Crippen LogP contribution in [-0.4, -0.2) is 43.5 Å². The molecular formula is C22H29N3O3. The third-order valence-corrected chi connectivity index (χ3v) is 4.63. The zero-order valence-corrected chi connectivity index (χ0v) is 17.2. The standard InChI is InChI=1S/C22H29N3O3/c1-15(2)25(4)14-16(3)21(26)23-17-9-8-10-18(13-17)24-22(27)19-11-6-7-12-20(19)28-5/h6-13,15-16H,14H2,1-5H3,(H,23,26)(H,24,27). The highest BCUT2D eigenvalue weighted by molar-refractivity contribution is 6.06. The highest BCUT2D eigenvalue weighted by atomic mass is 16.5. The molecule has 28 heavy (non-hydrogen) atoms. The van der Waals surface area contributed by atoms with Gasteiger partial charge in [-0.15, -0.1) is 0 Å². The molecule has 1 unspecified atom stereocenters. The summed E-state index contributed by atoms with van der Waals surface area (Å²) in [4.78, 5) is 27.1. The van der Waals surface area contributed by atoms with Crippen molar-refractivity contribution in [2.45, 2.75) is 26.8 Å². The third kappa shape index (κ3) is 5.82. The molecule has 0 saturated carbocycles. The summed E-state index contributed by atoms with van der Waals surface area (Å²) < 4.78 is 5.23. The topological polar surface area (TPSA) is 70.7 Å². The van der Waals surface area contributed by atoms with Gasteiger partial charge in [-0.05, 0) is 51.2 Å². The first kappa shape index (κ1) is 21.4. The highest BCUT2D eigenvalue weighted by Gasteiger charge is 2.17. The second-order valence-corrected chi connectivity index (χ2v) is 7.16. The Hall–Kier alpha value is -2.86. The Morgan fingerprint density at radius 3 is 2.29 bits per heavy atom. The Bertz CT molecular complexity index is 820. The van der Waals surface area contributed by atoms with Crippen LogP contribution in [0.15, 0.2) is 48.5 Å². The van der Waals surface area contributed by atoms with Gasteiger partial charge in [-0.25, -0.2) is 0 Å². The van der Waals surface area contributed by atoms with Crippen LogP contribution in [0.3, 0.4) is 0 Å². The van der Waals surface area contributed by atoms with Crippen molar-refractivity contribution in [3.05, 3.63) is 54.1 Å². The van der Waals surface area contributed by atoms with Crippen LogP contribution >= 0.6 is 0 Å². The Morgan fingerprint density at radius 2 is 1.64 bits per heavy atom. The van der Waals surface area contributed by atoms with Gasteiger partial charge in [-0.2, -0.15) is 0 Å². The van der Waals surface area contributed by atoms with Crippen molar-refractivity contribution in [1.82, 2.24) is 4.90 Å². The number of para-hydroxylation sites is 1. The van der Waals surface area contributed by atoms with Crippen molar-refractivity contribution in [3.8, 4) is 5.75 Å². The minimum atomic E-state index is -0.271. The molecule has 0 aliphatic heterocycles. The molecule has 0 fully saturated rings. The maximum atomic E-state index is 12.5. The Kier molecular flexibility index (Phi) is 7.58. The minimum absolute atomic E-state index is 0.0549. The maximum Gasteiger partial charge on any atom is 0.259 e. The fourth-order valence-corrected chi connectivity index (χ4v) is 2.70. The van der Waals surface area contributed by atoms with E-state index in [0.717, 1.165) is 0 Å². The Labute approximate surface area is 166 Å². The van der Waals surface area contributed by atoms with Gasteiger partial charge in [0.1, 0.15) is 5.75 Å². The maximum absolute atomic E-state index is 12.5. The number of rotatable bonds is 8. The van der Waals surface area contributed by atoms with E-state index >= 15 is 0 Å². The molecule has 6 nitrogen and oxygen atoms in total. The van der Waals surface area contributed by atoms with Gasteiger partial charge >= 0.3 is 0 Å². The molecule has 2 N–H and O–H groups in total. The summed E-state index contributed by atoms with van der Waals surface area (Å²) >= 11 is 0. The summed E-state index contributed by atoms with van der Waals surface area (Å²) in [6.07, 6.45) is 0. The molecule has 0 aliphatic carbocycles. The van der Waals surface area contributed by atoms with E-state index in [2.05, 4.69) is 29.4 Å². The smallest absolute Gasteiger partial charge is 0.259 e. The summed E-state index contributed by atoms with van der Waals surface area (Å²) in [7, 11) is 3.53. The van der Waals surface area contributed by atoms with Crippen LogP contribution in [0.25, 0.3) is 0 Å². The summed E-state index contributed by atoms with van der Waals surface area (Å²) in [5.74, 6) is 0.0281. The van der Waals surface area contributed by atoms with E-state index in [0.29, 0.717) is 35.3 Å². The van der Waals surface area contributed by atoms with E-state index < -0.39 is 0 Å². The van der Waals surface area contributed by atoms with Crippen LogP contribution in [0.4, 0.5) is 11.4 Å². The van der Waals surface area contributed by atoms with E-state index in [1.807, 2.05) is 20.0 Å². The normalized spacial score (nSPS) is 12.0. The van der Waals surface area contributed by atoms with Gasteiger partial charge in [0.15, 0.2) is 0 Å². The van der Waals surface area contributed by atoms with Crippen molar-refractivity contribution in [2.75, 3.05) is 31.3 Å². The minimum Gasteiger partial charge on any atom is -0.496 e. The van der Waals surface area contributed by atoms with Crippen LogP contribution in [0.1, 0.15) is 31.1 Å². The first-order valence-corrected chi connectivity index (χ1v) is 9.37. The molecule has 2 amide bonds. The van der Waals surface area contributed by atoms with Crippen molar-refractivity contribution in [1.29, 1.82) is 0 Å². The van der Waals surface area contributed by atoms with Crippen LogP contribution in [-0.2, 0) is 4.79 Å². The molecule has 2 aromatic rings. The number of nitrogens with one attached hydrogen (secondary N) is 2. The SMILES string of the molecule is COc1ccccc1C(=O)Nc1cccc(NC(=O)C(C)CN(C)C(C)C)c1. The number of carbonyl (C=O) groups is 2. The molecule has 1 atom stereocenters. The molecule has 0 saturated heterocycles. The van der Waals surface area contributed by atoms with Crippen LogP contribution in [0.5, 0.6) is 5.75 Å². The van der Waals surface area contributed by atoms with E-state index in [1.54, 1.807) is 42.5 Å². The fourth-order valence-electron chi connectivity index (χ4n) is 2.70. The highest BCUT2D eigenvalue weighted by Crippen LogP contribution is 2.21. The number of carbonyl (C=O) groups excluding carboxylic acids is 2. The lowest BCUT2D eigenvalue weighted by atomic mass is 10.1. The summed E-state index contributed by atoms with van der Waals surface area (Å²) in [5, 5.41) is 5.76. The number of nitrogens with zero attached hydrogens (tertiary/aromatic N) is 1. The van der Waals surface area contributed by atoms with Crippen molar-refractivity contribution >= 4 is 23.2 Å². The van der Waals surface area contributed by atoms with Gasteiger partial charge in [-0.3, -0.25) is 9.59 Å². The second-order valence-electron chi connectivity index (χ2n) is 7.16. The quantitative estimate of drug-likeness (QED) is 0.726. The predicted octanol–water partition coefficient (Wildman–Crippen LogP) is 3.86. The zero-order valence-electron chi connectivity index (χ0n) is 17.2. The summed E-state index contributed by atoms with van der Waals surface area (Å²) in [6.45, 7) is 6.77. The molecule has 6 heteroatoms. The summed E-state index contributed by atoms with van der Waals surface area (Å²) in [6, 6.07) is 14.5. The Balaban J connectivity index is 2.03. The van der Waals surface area contributed by atoms with Crippen LogP contribution in [0, 0.1) is 5.92 Å². The monoisotopic (exact) mass is 383 g/mol. The van der Waals surface area contributed by atoms with Crippen molar-refractivity contribution in [3.63, 3.8) is 0 Å². The van der Waals surface area contributed by atoms with E-state index in [-0.39, 0.29) is 17.7 Å². The number of hydrogen-bond acceptors (Lipinski definition) is 4. The molecule has 0 radical (unpaired) electrons. The van der Waals surface area contributed by atoms with Crippen molar-refractivity contribution < 1.29 is 14.3 Å². The van der Waals surface area contributed by atoms with E-state index in [4.69, 9.17) is 4.74 Å². The molecular weight excluding hydrogens is 354 g/mol. The first-order valence-electron chi connectivity index (χ1n) is 9.37. The van der Waals surface area contributed by atoms with Gasteiger partial charge in [0, 0.05) is 29.9 Å². The van der Waals surface area contributed by atoms with E-state index in [9.17, 15) is 9.59 Å². The fraction of sp³-hybridized carbons (Fsp3) is 0.364. The van der Waals surface area contributed by atoms with Crippen LogP contribution < -0.4 is 15.4 Å². The first-order chi connectivity index (χ1) is 13.3. The zero-order chi connectivity index (χ0) is 20.7. The second kappa shape index (κ2) is 9.90. The van der Waals surface area contributed by atoms with E-state index in [1.165, 1.54) is 7.11 Å². The average molecular weight is 383 g/mol. The molecule has 0 spiro atoms. The van der Waals surface area contributed by atoms with Crippen LogP contribution in [0.2, 0.25) is 0 Å². The molecule has 2 rings (SSSR count). The number of ether oxygens (including phenoxy) is 1. The third-order valence-electron chi connectivity index (χ3n) is 4.63. The molecule has 2 aromatic carbocycles. The molecule has 0 aliphatic rings. The summed E-state index contributed by atoms with van der Waals surface area (Å²) in [5.41, 5.74) is 1.69. The molecule has 0 bridgehead atoms. The predicted molar refractivity (Wildman–Crippen MR) is 113 cm³/mol. The van der Waals surface area contributed by atoms with Gasteiger partial charge in [0.05, 0.1) is 12.7 Å².